The van der Waals surface area contributed by atoms with Gasteiger partial charge in [0.15, 0.2) is 0 Å². The molecule has 3 amide bonds. The van der Waals surface area contributed by atoms with Gasteiger partial charge in [0.05, 0.1) is 0 Å². The summed E-state index contributed by atoms with van der Waals surface area (Å²) in [6.45, 7) is 5.72. The van der Waals surface area contributed by atoms with Gasteiger partial charge in [-0.25, -0.2) is 0 Å². The second-order valence-electron chi connectivity index (χ2n) is 6.51. The van der Waals surface area contributed by atoms with E-state index in [4.69, 9.17) is 0 Å². The zero-order chi connectivity index (χ0) is 17.8. The number of nitrogens with zero attached hydrogens (tertiary/aromatic N) is 2. The number of piperazine rings is 1. The topological polar surface area (TPSA) is 81.8 Å². The summed E-state index contributed by atoms with van der Waals surface area (Å²) in [5.74, 6) is -1.34. The van der Waals surface area contributed by atoms with Gasteiger partial charge in [-0.05, 0) is 37.6 Å². The molecule has 2 fully saturated rings. The van der Waals surface area contributed by atoms with Crippen LogP contribution < -0.4 is 10.6 Å². The molecular weight excluding hydrogens is 320 g/mol. The molecular formula is C18H24N4O3. The highest BCUT2D eigenvalue weighted by molar-refractivity contribution is 6.39. The molecule has 1 aromatic carbocycles. The van der Waals surface area contributed by atoms with E-state index in [1.807, 2.05) is 0 Å². The first-order chi connectivity index (χ1) is 12.1. The smallest absolute Gasteiger partial charge is 0.313 e. The first kappa shape index (κ1) is 17.4. The van der Waals surface area contributed by atoms with Crippen molar-refractivity contribution in [3.63, 3.8) is 0 Å². The van der Waals surface area contributed by atoms with E-state index >= 15 is 0 Å². The minimum absolute atomic E-state index is 0.152. The van der Waals surface area contributed by atoms with E-state index in [1.54, 1.807) is 29.2 Å². The zero-order valence-electron chi connectivity index (χ0n) is 14.5. The Kier molecular flexibility index (Phi) is 5.33. The molecule has 0 atom stereocenters. The lowest BCUT2D eigenvalue weighted by molar-refractivity contribution is -0.144. The average Bonchev–Trinajstić information content (AvgIpc) is 3.45. The number of benzene rings is 1. The minimum Gasteiger partial charge on any atom is -0.349 e. The fourth-order valence-electron chi connectivity index (χ4n) is 2.83. The highest BCUT2D eigenvalue weighted by Gasteiger charge is 2.26. The standard InChI is InChI=1S/C18H24N4O3/c1-2-21-8-10-22(11-9-21)18(25)17(24)20-15-5-3-4-13(12-15)16(23)19-14-6-7-14/h3-5,12,14H,2,6-11H2,1H3,(H,19,23)(H,20,24). The summed E-state index contributed by atoms with van der Waals surface area (Å²) in [5, 5.41) is 5.51. The summed E-state index contributed by atoms with van der Waals surface area (Å²) in [6, 6.07) is 6.93. The number of amides is 3. The molecule has 7 heteroatoms. The van der Waals surface area contributed by atoms with Crippen molar-refractivity contribution >= 4 is 23.4 Å². The van der Waals surface area contributed by atoms with Gasteiger partial charge in [0.25, 0.3) is 5.91 Å². The molecule has 1 heterocycles. The number of nitrogens with one attached hydrogen (secondary N) is 2. The van der Waals surface area contributed by atoms with Crippen LogP contribution in [0.15, 0.2) is 24.3 Å². The van der Waals surface area contributed by atoms with Crippen molar-refractivity contribution in [1.82, 2.24) is 15.1 Å². The second-order valence-corrected chi connectivity index (χ2v) is 6.51. The van der Waals surface area contributed by atoms with Gasteiger partial charge < -0.3 is 20.4 Å². The number of rotatable bonds is 4. The van der Waals surface area contributed by atoms with Gasteiger partial charge >= 0.3 is 11.8 Å². The molecule has 0 unspecified atom stereocenters. The summed E-state index contributed by atoms with van der Waals surface area (Å²) in [5.41, 5.74) is 0.933. The molecule has 134 valence electrons. The maximum atomic E-state index is 12.3. The third-order valence-corrected chi connectivity index (χ3v) is 4.60. The van der Waals surface area contributed by atoms with Crippen LogP contribution in [0.1, 0.15) is 30.1 Å². The molecule has 1 saturated heterocycles. The summed E-state index contributed by atoms with van der Waals surface area (Å²) in [4.78, 5) is 40.4. The Labute approximate surface area is 147 Å². The number of hydrogen-bond donors (Lipinski definition) is 2. The molecule has 7 nitrogen and oxygen atoms in total. The van der Waals surface area contributed by atoms with Crippen molar-refractivity contribution < 1.29 is 14.4 Å². The van der Waals surface area contributed by atoms with Gasteiger partial charge in [0, 0.05) is 43.5 Å². The van der Waals surface area contributed by atoms with Crippen molar-refractivity contribution in [2.45, 2.75) is 25.8 Å². The predicted octanol–water partition coefficient (Wildman–Crippen LogP) is 0.681. The van der Waals surface area contributed by atoms with E-state index < -0.39 is 11.8 Å². The molecule has 0 radical (unpaired) electrons. The monoisotopic (exact) mass is 344 g/mol. The summed E-state index contributed by atoms with van der Waals surface area (Å²) in [7, 11) is 0. The fourth-order valence-corrected chi connectivity index (χ4v) is 2.83. The van der Waals surface area contributed by atoms with Crippen LogP contribution in [0, 0.1) is 0 Å². The van der Waals surface area contributed by atoms with Gasteiger partial charge in [-0.1, -0.05) is 13.0 Å². The lowest BCUT2D eigenvalue weighted by Gasteiger charge is -2.33. The summed E-state index contributed by atoms with van der Waals surface area (Å²) >= 11 is 0. The molecule has 0 spiro atoms. The van der Waals surface area contributed by atoms with Crippen molar-refractivity contribution in [2.24, 2.45) is 0 Å². The van der Waals surface area contributed by atoms with E-state index in [-0.39, 0.29) is 11.9 Å². The predicted molar refractivity (Wildman–Crippen MR) is 94.3 cm³/mol. The number of hydrogen-bond acceptors (Lipinski definition) is 4. The summed E-state index contributed by atoms with van der Waals surface area (Å²) < 4.78 is 0. The normalized spacial score (nSPS) is 17.9. The first-order valence-corrected chi connectivity index (χ1v) is 8.80. The largest absolute Gasteiger partial charge is 0.349 e. The van der Waals surface area contributed by atoms with Crippen LogP contribution in [-0.4, -0.2) is 66.3 Å². The Balaban J connectivity index is 1.56. The molecule has 25 heavy (non-hydrogen) atoms. The van der Waals surface area contributed by atoms with E-state index in [1.165, 1.54) is 0 Å². The third kappa shape index (κ3) is 4.57. The lowest BCUT2D eigenvalue weighted by atomic mass is 10.2. The van der Waals surface area contributed by atoms with E-state index in [2.05, 4.69) is 22.5 Å². The molecule has 1 aliphatic carbocycles. The highest BCUT2D eigenvalue weighted by Crippen LogP contribution is 2.20. The Morgan fingerprint density at radius 1 is 1.12 bits per heavy atom. The number of carbonyl (C=O) groups excluding carboxylic acids is 3. The zero-order valence-corrected chi connectivity index (χ0v) is 14.5. The van der Waals surface area contributed by atoms with Gasteiger partial charge in [-0.15, -0.1) is 0 Å². The quantitative estimate of drug-likeness (QED) is 0.787. The van der Waals surface area contributed by atoms with Gasteiger partial charge in [-0.3, -0.25) is 14.4 Å². The van der Waals surface area contributed by atoms with Crippen LogP contribution in [0.3, 0.4) is 0 Å². The van der Waals surface area contributed by atoms with E-state index in [0.29, 0.717) is 24.3 Å². The van der Waals surface area contributed by atoms with Crippen LogP contribution in [0.5, 0.6) is 0 Å². The third-order valence-electron chi connectivity index (χ3n) is 4.60. The minimum atomic E-state index is -0.662. The van der Waals surface area contributed by atoms with E-state index in [9.17, 15) is 14.4 Å². The van der Waals surface area contributed by atoms with Crippen molar-refractivity contribution in [2.75, 3.05) is 38.0 Å². The molecule has 0 aromatic heterocycles. The van der Waals surface area contributed by atoms with Crippen LogP contribution in [-0.2, 0) is 9.59 Å². The van der Waals surface area contributed by atoms with Crippen molar-refractivity contribution in [1.29, 1.82) is 0 Å². The number of carbonyl (C=O) groups is 3. The van der Waals surface area contributed by atoms with Gasteiger partial charge in [0.2, 0.25) is 0 Å². The maximum Gasteiger partial charge on any atom is 0.313 e. The Bertz CT molecular complexity index is 664. The maximum absolute atomic E-state index is 12.3. The van der Waals surface area contributed by atoms with Crippen LogP contribution in [0.2, 0.25) is 0 Å². The number of likely N-dealkylation sites (N-methyl/N-ethyl adjacent to an activating group) is 1. The average molecular weight is 344 g/mol. The molecule has 2 aliphatic rings. The Hall–Kier alpha value is -2.41. The first-order valence-electron chi connectivity index (χ1n) is 8.80. The highest BCUT2D eigenvalue weighted by atomic mass is 16.2. The van der Waals surface area contributed by atoms with Crippen LogP contribution >= 0.6 is 0 Å². The summed E-state index contributed by atoms with van der Waals surface area (Å²) in [6.07, 6.45) is 2.03. The molecule has 2 N–H and O–H groups in total. The Morgan fingerprint density at radius 3 is 2.48 bits per heavy atom. The fraction of sp³-hybridized carbons (Fsp3) is 0.500. The van der Waals surface area contributed by atoms with Crippen LogP contribution in [0.25, 0.3) is 0 Å². The van der Waals surface area contributed by atoms with Crippen LogP contribution in [0.4, 0.5) is 5.69 Å². The SMILES string of the molecule is CCN1CCN(C(=O)C(=O)Nc2cccc(C(=O)NC3CC3)c2)CC1. The lowest BCUT2D eigenvalue weighted by Crippen LogP contribution is -2.51. The Morgan fingerprint density at radius 2 is 1.84 bits per heavy atom. The van der Waals surface area contributed by atoms with E-state index in [0.717, 1.165) is 32.5 Å². The molecule has 3 rings (SSSR count). The molecule has 1 aliphatic heterocycles. The van der Waals surface area contributed by atoms with Gasteiger partial charge in [0.1, 0.15) is 0 Å². The second kappa shape index (κ2) is 7.65. The molecule has 1 aromatic rings. The van der Waals surface area contributed by atoms with Crippen molar-refractivity contribution in [3.8, 4) is 0 Å². The molecule has 0 bridgehead atoms. The van der Waals surface area contributed by atoms with Gasteiger partial charge in [-0.2, -0.15) is 0 Å². The number of anilines is 1. The van der Waals surface area contributed by atoms with Crippen molar-refractivity contribution in [3.05, 3.63) is 29.8 Å². The molecule has 1 saturated carbocycles.